The molecule has 0 aliphatic rings. The maximum Gasteiger partial charge on any atom is 0.411 e. The third-order valence-electron chi connectivity index (χ3n) is 3.88. The van der Waals surface area contributed by atoms with Crippen molar-refractivity contribution in [3.63, 3.8) is 0 Å². The molecule has 156 valence electrons. The molecular weight excluding hydrogens is 394 g/mol. The summed E-state index contributed by atoms with van der Waals surface area (Å²) in [7, 11) is 1.51. The Labute approximate surface area is 173 Å². The van der Waals surface area contributed by atoms with Crippen molar-refractivity contribution in [2.75, 3.05) is 31.0 Å². The molecule has 0 spiro atoms. The minimum atomic E-state index is -0.708. The highest BCUT2D eigenvalue weighted by atomic mass is 32.1. The van der Waals surface area contributed by atoms with Crippen LogP contribution in [-0.2, 0) is 14.3 Å². The maximum atomic E-state index is 12.7. The molecule has 3 amide bonds. The third kappa shape index (κ3) is 7.20. The first-order valence-corrected chi connectivity index (χ1v) is 9.96. The van der Waals surface area contributed by atoms with Gasteiger partial charge in [-0.05, 0) is 35.6 Å². The van der Waals surface area contributed by atoms with Crippen LogP contribution < -0.4 is 16.0 Å². The molecule has 1 heterocycles. The van der Waals surface area contributed by atoms with Gasteiger partial charge >= 0.3 is 6.09 Å². The van der Waals surface area contributed by atoms with Crippen LogP contribution in [0.4, 0.5) is 16.2 Å². The Morgan fingerprint density at radius 1 is 1.03 bits per heavy atom. The lowest BCUT2D eigenvalue weighted by molar-refractivity contribution is -0.118. The number of nitrogens with one attached hydrogen (secondary N) is 3. The van der Waals surface area contributed by atoms with E-state index in [0.717, 1.165) is 0 Å². The second-order valence-electron chi connectivity index (χ2n) is 6.50. The van der Waals surface area contributed by atoms with Crippen molar-refractivity contribution in [1.29, 1.82) is 0 Å². The molecule has 9 heteroatoms. The number of thiophene rings is 1. The maximum absolute atomic E-state index is 12.7. The van der Waals surface area contributed by atoms with Crippen LogP contribution >= 0.6 is 11.3 Å². The molecule has 29 heavy (non-hydrogen) atoms. The lowest BCUT2D eigenvalue weighted by Crippen LogP contribution is -2.46. The van der Waals surface area contributed by atoms with E-state index >= 15 is 0 Å². The summed E-state index contributed by atoms with van der Waals surface area (Å²) in [5.41, 5.74) is 0.953. The van der Waals surface area contributed by atoms with Crippen LogP contribution in [-0.4, -0.2) is 44.3 Å². The minimum Gasteiger partial charge on any atom is -0.447 e. The molecule has 1 unspecified atom stereocenters. The number of benzene rings is 1. The number of ether oxygens (including phenoxy) is 2. The lowest BCUT2D eigenvalue weighted by Gasteiger charge is -2.21. The van der Waals surface area contributed by atoms with E-state index in [2.05, 4.69) is 16.0 Å². The van der Waals surface area contributed by atoms with Gasteiger partial charge in [0.1, 0.15) is 12.6 Å². The summed E-state index contributed by atoms with van der Waals surface area (Å²) in [6.45, 7) is 4.15. The van der Waals surface area contributed by atoms with Crippen molar-refractivity contribution in [1.82, 2.24) is 5.32 Å². The quantitative estimate of drug-likeness (QED) is 0.541. The van der Waals surface area contributed by atoms with E-state index in [1.807, 2.05) is 13.8 Å². The van der Waals surface area contributed by atoms with Crippen LogP contribution in [0, 0.1) is 5.92 Å². The summed E-state index contributed by atoms with van der Waals surface area (Å²) >= 11 is 1.31. The summed E-state index contributed by atoms with van der Waals surface area (Å²) in [5, 5.41) is 9.93. The number of carbonyl (C=O) groups excluding carboxylic acids is 3. The van der Waals surface area contributed by atoms with E-state index in [1.165, 1.54) is 18.4 Å². The fourth-order valence-corrected chi connectivity index (χ4v) is 3.05. The molecule has 1 atom stereocenters. The van der Waals surface area contributed by atoms with Gasteiger partial charge in [-0.2, -0.15) is 0 Å². The first-order valence-electron chi connectivity index (χ1n) is 9.08. The fourth-order valence-electron chi connectivity index (χ4n) is 2.42. The Bertz CT molecular complexity index is 823. The van der Waals surface area contributed by atoms with Gasteiger partial charge in [0.05, 0.1) is 11.5 Å². The van der Waals surface area contributed by atoms with E-state index in [1.54, 1.807) is 41.8 Å². The first-order chi connectivity index (χ1) is 13.9. The molecule has 1 aromatic carbocycles. The molecule has 8 nitrogen and oxygen atoms in total. The summed E-state index contributed by atoms with van der Waals surface area (Å²) in [6.07, 6.45) is -0.617. The number of anilines is 2. The van der Waals surface area contributed by atoms with Crippen LogP contribution in [0.5, 0.6) is 0 Å². The highest BCUT2D eigenvalue weighted by Crippen LogP contribution is 2.17. The lowest BCUT2D eigenvalue weighted by atomic mass is 10.0. The summed E-state index contributed by atoms with van der Waals surface area (Å²) in [5.74, 6) is -0.746. The second kappa shape index (κ2) is 11.2. The molecule has 0 bridgehead atoms. The van der Waals surface area contributed by atoms with E-state index in [9.17, 15) is 14.4 Å². The van der Waals surface area contributed by atoms with Crippen molar-refractivity contribution in [3.8, 4) is 0 Å². The van der Waals surface area contributed by atoms with Gasteiger partial charge in [-0.3, -0.25) is 14.9 Å². The summed E-state index contributed by atoms with van der Waals surface area (Å²) < 4.78 is 9.76. The molecule has 0 radical (unpaired) electrons. The van der Waals surface area contributed by atoms with E-state index in [-0.39, 0.29) is 24.3 Å². The zero-order chi connectivity index (χ0) is 21.2. The van der Waals surface area contributed by atoms with Crippen molar-refractivity contribution in [2.24, 2.45) is 5.92 Å². The van der Waals surface area contributed by atoms with Crippen molar-refractivity contribution in [3.05, 3.63) is 46.7 Å². The largest absolute Gasteiger partial charge is 0.447 e. The number of hydrogen-bond donors (Lipinski definition) is 3. The van der Waals surface area contributed by atoms with Gasteiger partial charge < -0.3 is 20.1 Å². The van der Waals surface area contributed by atoms with Gasteiger partial charge in [0.15, 0.2) is 0 Å². The van der Waals surface area contributed by atoms with Crippen LogP contribution in [0.2, 0.25) is 0 Å². The molecule has 2 rings (SSSR count). The van der Waals surface area contributed by atoms with Gasteiger partial charge in [0, 0.05) is 18.5 Å². The average molecular weight is 420 g/mol. The van der Waals surface area contributed by atoms with Crippen molar-refractivity contribution in [2.45, 2.75) is 19.9 Å². The van der Waals surface area contributed by atoms with Gasteiger partial charge in [-0.25, -0.2) is 4.79 Å². The number of methoxy groups -OCH3 is 1. The normalized spacial score (nSPS) is 11.6. The highest BCUT2D eigenvalue weighted by Gasteiger charge is 2.25. The molecular formula is C20H25N3O5S. The number of amides is 3. The Morgan fingerprint density at radius 2 is 1.76 bits per heavy atom. The standard InChI is InChI=1S/C20H25N3O5S/c1-13(2)17(23-18(24)16-8-5-11-29-16)19(25)21-14-6-4-7-15(12-14)22-20(26)28-10-9-27-3/h4-8,11-13,17H,9-10H2,1-3H3,(H,21,25)(H,22,26)(H,23,24). The van der Waals surface area contributed by atoms with Crippen LogP contribution in [0.1, 0.15) is 23.5 Å². The SMILES string of the molecule is COCCOC(=O)Nc1cccc(NC(=O)C(NC(=O)c2cccs2)C(C)C)c1. The monoisotopic (exact) mass is 419 g/mol. The van der Waals surface area contributed by atoms with Crippen LogP contribution in [0.25, 0.3) is 0 Å². The number of rotatable bonds is 9. The molecule has 0 fully saturated rings. The van der Waals surface area contributed by atoms with Crippen LogP contribution in [0.3, 0.4) is 0 Å². The van der Waals surface area contributed by atoms with E-state index < -0.39 is 12.1 Å². The molecule has 1 aromatic heterocycles. The van der Waals surface area contributed by atoms with Gasteiger partial charge in [-0.15, -0.1) is 11.3 Å². The number of hydrogen-bond acceptors (Lipinski definition) is 6. The Morgan fingerprint density at radius 3 is 2.38 bits per heavy atom. The second-order valence-corrected chi connectivity index (χ2v) is 7.44. The molecule has 0 saturated carbocycles. The summed E-state index contributed by atoms with van der Waals surface area (Å²) in [6, 6.07) is 9.44. The molecule has 0 aliphatic heterocycles. The molecule has 0 saturated heterocycles. The summed E-state index contributed by atoms with van der Waals surface area (Å²) in [4.78, 5) is 37.3. The molecule has 0 aliphatic carbocycles. The van der Waals surface area contributed by atoms with Gasteiger partial charge in [-0.1, -0.05) is 26.0 Å². The average Bonchev–Trinajstić information content (AvgIpc) is 3.21. The Kier molecular flexibility index (Phi) is 8.63. The predicted molar refractivity (Wildman–Crippen MR) is 112 cm³/mol. The van der Waals surface area contributed by atoms with Gasteiger partial charge in [0.25, 0.3) is 5.91 Å². The fraction of sp³-hybridized carbons (Fsp3) is 0.350. The smallest absolute Gasteiger partial charge is 0.411 e. The zero-order valence-electron chi connectivity index (χ0n) is 16.6. The first kappa shape index (κ1) is 22.4. The topological polar surface area (TPSA) is 106 Å². The van der Waals surface area contributed by atoms with E-state index in [0.29, 0.717) is 22.9 Å². The van der Waals surface area contributed by atoms with Crippen LogP contribution in [0.15, 0.2) is 41.8 Å². The minimum absolute atomic E-state index is 0.115. The number of carbonyl (C=O) groups is 3. The Balaban J connectivity index is 1.98. The highest BCUT2D eigenvalue weighted by molar-refractivity contribution is 7.12. The van der Waals surface area contributed by atoms with Gasteiger partial charge in [0.2, 0.25) is 5.91 Å². The van der Waals surface area contributed by atoms with E-state index in [4.69, 9.17) is 9.47 Å². The zero-order valence-corrected chi connectivity index (χ0v) is 17.4. The predicted octanol–water partition coefficient (Wildman–Crippen LogP) is 3.34. The molecule has 2 aromatic rings. The third-order valence-corrected chi connectivity index (χ3v) is 4.75. The van der Waals surface area contributed by atoms with Crippen molar-refractivity contribution < 1.29 is 23.9 Å². The van der Waals surface area contributed by atoms with Crippen molar-refractivity contribution >= 4 is 40.6 Å². The molecule has 3 N–H and O–H groups in total. The Hall–Kier alpha value is -2.91.